The van der Waals surface area contributed by atoms with Crippen LogP contribution < -0.4 is 5.73 Å². The fourth-order valence-corrected chi connectivity index (χ4v) is 1.26. The van der Waals surface area contributed by atoms with Gasteiger partial charge >= 0.3 is 0 Å². The van der Waals surface area contributed by atoms with E-state index in [1.165, 1.54) is 11.1 Å². The Morgan fingerprint density at radius 3 is 2.31 bits per heavy atom. The third kappa shape index (κ3) is 3.37. The van der Waals surface area contributed by atoms with E-state index in [-0.39, 0.29) is 18.4 Å². The molecule has 0 amide bonds. The van der Waals surface area contributed by atoms with Crippen molar-refractivity contribution in [2.24, 2.45) is 11.7 Å². The van der Waals surface area contributed by atoms with Gasteiger partial charge < -0.3 is 5.73 Å². The van der Waals surface area contributed by atoms with Crippen molar-refractivity contribution in [3.63, 3.8) is 0 Å². The molecule has 0 bridgehead atoms. The Labute approximate surface area is 86.7 Å². The number of rotatable bonds is 2. The third-order valence-corrected chi connectivity index (χ3v) is 2.15. The highest BCUT2D eigenvalue weighted by Gasteiger charge is 2.09. The maximum atomic E-state index is 6.01. The molecule has 0 saturated heterocycles. The summed E-state index contributed by atoms with van der Waals surface area (Å²) in [4.78, 5) is 0. The molecule has 2 N–H and O–H groups in total. The van der Waals surface area contributed by atoms with E-state index in [1.807, 2.05) is 0 Å². The average Bonchev–Trinajstić information content (AvgIpc) is 2.03. The van der Waals surface area contributed by atoms with Crippen molar-refractivity contribution in [3.05, 3.63) is 35.4 Å². The molecule has 0 heterocycles. The Kier molecular flexibility index (Phi) is 5.04. The van der Waals surface area contributed by atoms with Crippen molar-refractivity contribution >= 4 is 12.4 Å². The van der Waals surface area contributed by atoms with E-state index in [2.05, 4.69) is 45.0 Å². The summed E-state index contributed by atoms with van der Waals surface area (Å²) in [6, 6.07) is 8.58. The number of hydrogen-bond donors (Lipinski definition) is 1. The first kappa shape index (κ1) is 12.5. The Hall–Kier alpha value is -0.530. The molecule has 0 fully saturated rings. The lowest BCUT2D eigenvalue weighted by Gasteiger charge is -2.16. The van der Waals surface area contributed by atoms with Crippen LogP contribution in [0.5, 0.6) is 0 Å². The Balaban J connectivity index is 0.00000144. The number of benzene rings is 1. The summed E-state index contributed by atoms with van der Waals surface area (Å²) >= 11 is 0. The van der Waals surface area contributed by atoms with E-state index >= 15 is 0 Å². The lowest BCUT2D eigenvalue weighted by molar-refractivity contribution is 0.514. The van der Waals surface area contributed by atoms with Gasteiger partial charge in [0.1, 0.15) is 0 Å². The minimum atomic E-state index is 0. The number of aryl methyl sites for hydroxylation is 1. The van der Waals surface area contributed by atoms with E-state index in [0.29, 0.717) is 5.92 Å². The van der Waals surface area contributed by atoms with Crippen LogP contribution >= 0.6 is 12.4 Å². The molecule has 1 aromatic carbocycles. The van der Waals surface area contributed by atoms with E-state index in [1.54, 1.807) is 0 Å². The molecule has 0 spiro atoms. The fraction of sp³-hybridized carbons (Fsp3) is 0.455. The normalized spacial score (nSPS) is 12.4. The van der Waals surface area contributed by atoms with Gasteiger partial charge in [-0.15, -0.1) is 12.4 Å². The smallest absolute Gasteiger partial charge is 0.0318 e. The molecule has 2 heteroatoms. The van der Waals surface area contributed by atoms with Crippen LogP contribution in [0.15, 0.2) is 24.3 Å². The zero-order valence-electron chi connectivity index (χ0n) is 8.45. The zero-order chi connectivity index (χ0) is 9.14. The molecule has 74 valence electrons. The van der Waals surface area contributed by atoms with Gasteiger partial charge in [0, 0.05) is 6.04 Å². The second kappa shape index (κ2) is 5.25. The Morgan fingerprint density at radius 2 is 1.85 bits per heavy atom. The maximum absolute atomic E-state index is 6.01. The van der Waals surface area contributed by atoms with Crippen molar-refractivity contribution in [2.45, 2.75) is 26.8 Å². The van der Waals surface area contributed by atoms with Gasteiger partial charge in [0.05, 0.1) is 0 Å². The molecule has 0 radical (unpaired) electrons. The Morgan fingerprint density at radius 1 is 1.23 bits per heavy atom. The summed E-state index contributed by atoms with van der Waals surface area (Å²) < 4.78 is 0. The second-order valence-corrected chi connectivity index (χ2v) is 3.68. The largest absolute Gasteiger partial charge is 0.324 e. The first-order valence-corrected chi connectivity index (χ1v) is 4.43. The zero-order valence-corrected chi connectivity index (χ0v) is 9.27. The Bertz CT molecular complexity index is 258. The van der Waals surface area contributed by atoms with Gasteiger partial charge in [0.25, 0.3) is 0 Å². The maximum Gasteiger partial charge on any atom is 0.0318 e. The van der Waals surface area contributed by atoms with Crippen molar-refractivity contribution in [1.82, 2.24) is 0 Å². The molecular formula is C11H18ClN. The highest BCUT2D eigenvalue weighted by Crippen LogP contribution is 2.19. The number of halogens is 1. The average molecular weight is 200 g/mol. The molecule has 0 aliphatic carbocycles. The quantitative estimate of drug-likeness (QED) is 0.779. The van der Waals surface area contributed by atoms with Crippen LogP contribution in [0.3, 0.4) is 0 Å². The molecule has 1 unspecified atom stereocenters. The van der Waals surface area contributed by atoms with Gasteiger partial charge in [-0.25, -0.2) is 0 Å². The van der Waals surface area contributed by atoms with Crippen LogP contribution in [-0.2, 0) is 0 Å². The van der Waals surface area contributed by atoms with Crippen molar-refractivity contribution in [3.8, 4) is 0 Å². The van der Waals surface area contributed by atoms with Crippen LogP contribution in [0, 0.1) is 12.8 Å². The van der Waals surface area contributed by atoms with Crippen molar-refractivity contribution < 1.29 is 0 Å². The van der Waals surface area contributed by atoms with Gasteiger partial charge in [-0.3, -0.25) is 0 Å². The molecule has 0 aliphatic rings. The van der Waals surface area contributed by atoms with Crippen molar-refractivity contribution in [1.29, 1.82) is 0 Å². The second-order valence-electron chi connectivity index (χ2n) is 3.68. The van der Waals surface area contributed by atoms with Crippen molar-refractivity contribution in [2.75, 3.05) is 0 Å². The van der Waals surface area contributed by atoms with Crippen LogP contribution in [0.2, 0.25) is 0 Å². The highest BCUT2D eigenvalue weighted by atomic mass is 35.5. The van der Waals surface area contributed by atoms with Crippen LogP contribution in [0.1, 0.15) is 31.0 Å². The molecule has 1 rings (SSSR count). The van der Waals surface area contributed by atoms with Gasteiger partial charge in [-0.2, -0.15) is 0 Å². The minimum Gasteiger partial charge on any atom is -0.324 e. The SMILES string of the molecule is Cc1cccc(C(N)C(C)C)c1.Cl. The predicted molar refractivity (Wildman–Crippen MR) is 60.2 cm³/mol. The fourth-order valence-electron chi connectivity index (χ4n) is 1.26. The van der Waals surface area contributed by atoms with Gasteiger partial charge in [0.15, 0.2) is 0 Å². The summed E-state index contributed by atoms with van der Waals surface area (Å²) in [7, 11) is 0. The molecule has 1 nitrogen and oxygen atoms in total. The summed E-state index contributed by atoms with van der Waals surface area (Å²) in [6.45, 7) is 6.39. The standard InChI is InChI=1S/C11H17N.ClH/c1-8(2)11(12)10-6-4-5-9(3)7-10;/h4-8,11H,12H2,1-3H3;1H. The van der Waals surface area contributed by atoms with Gasteiger partial charge in [-0.1, -0.05) is 43.7 Å². The third-order valence-electron chi connectivity index (χ3n) is 2.15. The molecule has 1 atom stereocenters. The lowest BCUT2D eigenvalue weighted by Crippen LogP contribution is -2.16. The first-order chi connectivity index (χ1) is 5.61. The van der Waals surface area contributed by atoms with Gasteiger partial charge in [-0.05, 0) is 18.4 Å². The monoisotopic (exact) mass is 199 g/mol. The first-order valence-electron chi connectivity index (χ1n) is 4.43. The summed E-state index contributed by atoms with van der Waals surface area (Å²) in [5.41, 5.74) is 8.53. The molecule has 13 heavy (non-hydrogen) atoms. The number of nitrogens with two attached hydrogens (primary N) is 1. The molecule has 1 aromatic rings. The molecule has 0 aromatic heterocycles. The van der Waals surface area contributed by atoms with E-state index in [0.717, 1.165) is 0 Å². The molecule has 0 aliphatic heterocycles. The number of hydrogen-bond acceptors (Lipinski definition) is 1. The van der Waals surface area contributed by atoms with E-state index in [4.69, 9.17) is 5.73 Å². The molecular weight excluding hydrogens is 182 g/mol. The topological polar surface area (TPSA) is 26.0 Å². The van der Waals surface area contributed by atoms with Crippen LogP contribution in [0.25, 0.3) is 0 Å². The lowest BCUT2D eigenvalue weighted by atomic mass is 9.96. The van der Waals surface area contributed by atoms with E-state index in [9.17, 15) is 0 Å². The minimum absolute atomic E-state index is 0. The predicted octanol–water partition coefficient (Wildman–Crippen LogP) is 3.07. The summed E-state index contributed by atoms with van der Waals surface area (Å²) in [5.74, 6) is 0.506. The summed E-state index contributed by atoms with van der Waals surface area (Å²) in [5, 5.41) is 0. The molecule has 0 saturated carbocycles. The van der Waals surface area contributed by atoms with E-state index < -0.39 is 0 Å². The highest BCUT2D eigenvalue weighted by molar-refractivity contribution is 5.85. The van der Waals surface area contributed by atoms with Crippen LogP contribution in [0.4, 0.5) is 0 Å². The van der Waals surface area contributed by atoms with Crippen LogP contribution in [-0.4, -0.2) is 0 Å². The van der Waals surface area contributed by atoms with Gasteiger partial charge in [0.2, 0.25) is 0 Å². The summed E-state index contributed by atoms with van der Waals surface area (Å²) in [6.07, 6.45) is 0.